The number of nitrogen functional groups attached to an aromatic ring is 1. The van der Waals surface area contributed by atoms with Gasteiger partial charge in [-0.15, -0.1) is 11.3 Å². The summed E-state index contributed by atoms with van der Waals surface area (Å²) >= 11 is 0.777. The number of primary amides is 1. The van der Waals surface area contributed by atoms with E-state index in [4.69, 9.17) is 11.5 Å². The zero-order valence-corrected chi connectivity index (χ0v) is 20.9. The van der Waals surface area contributed by atoms with Crippen LogP contribution in [0.1, 0.15) is 46.1 Å². The normalized spacial score (nSPS) is 16.6. The Morgan fingerprint density at radius 2 is 1.97 bits per heavy atom. The molecule has 1 fully saturated rings. The average molecular weight is 533 g/mol. The fourth-order valence-corrected chi connectivity index (χ4v) is 6.16. The highest BCUT2D eigenvalue weighted by Gasteiger charge is 2.37. The van der Waals surface area contributed by atoms with E-state index in [2.05, 4.69) is 9.88 Å². The second-order valence-electron chi connectivity index (χ2n) is 9.18. The summed E-state index contributed by atoms with van der Waals surface area (Å²) in [6.45, 7) is 4.04. The highest BCUT2D eigenvalue weighted by Crippen LogP contribution is 2.43. The molecule has 0 saturated carbocycles. The van der Waals surface area contributed by atoms with Crippen molar-refractivity contribution in [2.24, 2.45) is 5.73 Å². The van der Waals surface area contributed by atoms with Crippen LogP contribution in [0.3, 0.4) is 0 Å². The van der Waals surface area contributed by atoms with Gasteiger partial charge in [0.2, 0.25) is 0 Å². The van der Waals surface area contributed by atoms with Crippen LogP contribution in [0, 0.1) is 0 Å². The number of hydroxylamine groups is 2. The van der Waals surface area contributed by atoms with E-state index >= 15 is 0 Å². The maximum Gasteiger partial charge on any atom is 0.417 e. The van der Waals surface area contributed by atoms with Crippen LogP contribution < -0.4 is 16.4 Å². The molecule has 1 aromatic carbocycles. The molecular formula is C25H27F3N6O2S. The third-order valence-electron chi connectivity index (χ3n) is 7.00. The quantitative estimate of drug-likeness (QED) is 0.444. The molecule has 8 nitrogen and oxygen atoms in total. The first-order valence-electron chi connectivity index (χ1n) is 12.0. The number of hydrogen-bond acceptors (Lipinski definition) is 8. The predicted octanol–water partition coefficient (Wildman–Crippen LogP) is 4.49. The Bertz CT molecular complexity index is 1380. The molecule has 0 spiro atoms. The van der Waals surface area contributed by atoms with E-state index < -0.39 is 17.6 Å². The molecule has 2 aromatic heterocycles. The van der Waals surface area contributed by atoms with E-state index in [-0.39, 0.29) is 32.6 Å². The summed E-state index contributed by atoms with van der Waals surface area (Å²) in [6, 6.07) is 8.99. The van der Waals surface area contributed by atoms with E-state index in [9.17, 15) is 23.2 Å². The fourth-order valence-electron chi connectivity index (χ4n) is 5.20. The minimum atomic E-state index is -4.67. The van der Waals surface area contributed by atoms with Gasteiger partial charge in [-0.2, -0.15) is 13.2 Å². The summed E-state index contributed by atoms with van der Waals surface area (Å²) in [5.74, 6) is 0.0213. The van der Waals surface area contributed by atoms with Crippen molar-refractivity contribution in [2.75, 3.05) is 30.3 Å². The minimum Gasteiger partial charge on any atom is -0.397 e. The summed E-state index contributed by atoms with van der Waals surface area (Å²) < 4.78 is 41.9. The lowest BCUT2D eigenvalue weighted by atomic mass is 10.00. The van der Waals surface area contributed by atoms with Crippen LogP contribution in [0.25, 0.3) is 16.3 Å². The van der Waals surface area contributed by atoms with Crippen molar-refractivity contribution in [1.29, 1.82) is 0 Å². The topological polar surface area (TPSA) is 112 Å². The lowest BCUT2D eigenvalue weighted by Crippen LogP contribution is -2.47. The Labute approximate surface area is 215 Å². The first-order valence-corrected chi connectivity index (χ1v) is 12.8. The molecular weight excluding hydrogens is 505 g/mol. The van der Waals surface area contributed by atoms with E-state index in [0.717, 1.165) is 28.5 Å². The molecule has 2 aliphatic rings. The van der Waals surface area contributed by atoms with Gasteiger partial charge in [-0.1, -0.05) is 24.3 Å². The summed E-state index contributed by atoms with van der Waals surface area (Å²) in [4.78, 5) is 20.0. The molecule has 0 aliphatic carbocycles. The van der Waals surface area contributed by atoms with Crippen LogP contribution in [0.4, 0.5) is 24.7 Å². The number of anilines is 2. The summed E-state index contributed by atoms with van der Waals surface area (Å²) in [5, 5.41) is 11.7. The molecule has 3 aromatic rings. The van der Waals surface area contributed by atoms with Gasteiger partial charge in [-0.3, -0.25) is 10.0 Å². The maximum absolute atomic E-state index is 14.0. The van der Waals surface area contributed by atoms with Gasteiger partial charge in [0.05, 0.1) is 17.8 Å². The number of pyridine rings is 1. The van der Waals surface area contributed by atoms with Gasteiger partial charge in [-0.25, -0.2) is 10.0 Å². The molecule has 1 amide bonds. The molecule has 0 atom stereocenters. The molecule has 0 radical (unpaired) electrons. The minimum absolute atomic E-state index is 0.0374. The average Bonchev–Trinajstić information content (AvgIpc) is 3.20. The number of carbonyl (C=O) groups excluding carboxylic acids is 1. The molecule has 5 rings (SSSR count). The maximum atomic E-state index is 14.0. The summed E-state index contributed by atoms with van der Waals surface area (Å²) in [5.41, 5.74) is 12.1. The second-order valence-corrected chi connectivity index (χ2v) is 10.2. The predicted molar refractivity (Wildman–Crippen MR) is 137 cm³/mol. The van der Waals surface area contributed by atoms with Crippen molar-refractivity contribution in [3.63, 3.8) is 0 Å². The van der Waals surface area contributed by atoms with Gasteiger partial charge in [0.15, 0.2) is 0 Å². The van der Waals surface area contributed by atoms with Gasteiger partial charge >= 0.3 is 6.18 Å². The number of fused-ring (bicyclic) bond motifs is 2. The Morgan fingerprint density at radius 3 is 2.62 bits per heavy atom. The number of benzene rings is 1. The summed E-state index contributed by atoms with van der Waals surface area (Å²) in [6.07, 6.45) is -1.37. The molecule has 0 unspecified atom stereocenters. The van der Waals surface area contributed by atoms with Crippen molar-refractivity contribution >= 4 is 45.0 Å². The molecule has 2 aliphatic heterocycles. The summed E-state index contributed by atoms with van der Waals surface area (Å²) in [7, 11) is 0. The lowest BCUT2D eigenvalue weighted by molar-refractivity contribution is -0.136. The van der Waals surface area contributed by atoms with Crippen LogP contribution in [-0.4, -0.2) is 51.7 Å². The number of nitrogens with two attached hydrogens (primary N) is 2. The van der Waals surface area contributed by atoms with E-state index in [0.29, 0.717) is 44.8 Å². The standard InChI is InChI=1S/C25H27F3N6O2S/c1-2-33(19-11-14-5-3-4-6-15(14)13-34(19)36)16-7-9-32(10-8-16)18-12-17(25(26,27)28)20-21(29)22(23(30)35)37-24(20)31-18/h3-6,11-12,16,36H,2,7-10,13,29H2,1H3,(H2,30,35). The molecule has 4 heterocycles. The number of carbonyl (C=O) groups is 1. The Kier molecular flexibility index (Phi) is 6.40. The number of amides is 1. The highest BCUT2D eigenvalue weighted by atomic mass is 32.1. The van der Waals surface area contributed by atoms with Gasteiger partial charge < -0.3 is 21.3 Å². The smallest absolute Gasteiger partial charge is 0.397 e. The first-order chi connectivity index (χ1) is 17.6. The van der Waals surface area contributed by atoms with E-state index in [1.54, 1.807) is 0 Å². The number of alkyl halides is 3. The molecule has 37 heavy (non-hydrogen) atoms. The highest BCUT2D eigenvalue weighted by molar-refractivity contribution is 7.21. The Balaban J connectivity index is 1.40. The third kappa shape index (κ3) is 4.55. The largest absolute Gasteiger partial charge is 0.417 e. The number of thiophene rings is 1. The molecule has 0 bridgehead atoms. The van der Waals surface area contributed by atoms with Crippen LogP contribution in [0.15, 0.2) is 36.2 Å². The van der Waals surface area contributed by atoms with Crippen molar-refractivity contribution in [3.8, 4) is 0 Å². The molecule has 196 valence electrons. The first kappa shape index (κ1) is 25.2. The lowest BCUT2D eigenvalue weighted by Gasteiger charge is -2.43. The second kappa shape index (κ2) is 9.42. The number of aromatic nitrogens is 1. The van der Waals surface area contributed by atoms with Crippen molar-refractivity contribution in [3.05, 3.63) is 57.7 Å². The zero-order valence-electron chi connectivity index (χ0n) is 20.1. The number of hydrogen-bond donors (Lipinski definition) is 3. The zero-order chi connectivity index (χ0) is 26.5. The molecule has 12 heteroatoms. The van der Waals surface area contributed by atoms with Crippen molar-refractivity contribution in [1.82, 2.24) is 14.9 Å². The van der Waals surface area contributed by atoms with Crippen molar-refractivity contribution in [2.45, 2.75) is 38.5 Å². The van der Waals surface area contributed by atoms with Gasteiger partial charge in [0.1, 0.15) is 21.3 Å². The SMILES string of the molecule is CCN(C1=Cc2ccccc2CN1O)C1CCN(c2cc(C(F)(F)F)c3c(N)c(C(N)=O)sc3n2)CC1. The molecule has 5 N–H and O–H groups in total. The van der Waals surface area contributed by atoms with Crippen LogP contribution in [-0.2, 0) is 12.7 Å². The van der Waals surface area contributed by atoms with Crippen LogP contribution in [0.2, 0.25) is 0 Å². The monoisotopic (exact) mass is 532 g/mol. The van der Waals surface area contributed by atoms with Crippen LogP contribution in [0.5, 0.6) is 0 Å². The third-order valence-corrected chi connectivity index (χ3v) is 8.12. The Morgan fingerprint density at radius 1 is 1.27 bits per heavy atom. The molecule has 1 saturated heterocycles. The van der Waals surface area contributed by atoms with Gasteiger partial charge in [-0.05, 0) is 43.0 Å². The number of rotatable bonds is 5. The Hall–Kier alpha value is -3.51. The van der Waals surface area contributed by atoms with Gasteiger partial charge in [0.25, 0.3) is 5.91 Å². The number of piperidine rings is 1. The van der Waals surface area contributed by atoms with Crippen molar-refractivity contribution < 1.29 is 23.2 Å². The van der Waals surface area contributed by atoms with Crippen LogP contribution >= 0.6 is 11.3 Å². The van der Waals surface area contributed by atoms with E-state index in [1.807, 2.05) is 42.2 Å². The fraction of sp³-hybridized carbons (Fsp3) is 0.360. The van der Waals surface area contributed by atoms with Gasteiger partial charge in [0, 0.05) is 31.1 Å². The number of halogens is 3. The van der Waals surface area contributed by atoms with E-state index in [1.165, 1.54) is 5.06 Å². The number of nitrogens with zero attached hydrogens (tertiary/aromatic N) is 4.